The van der Waals surface area contributed by atoms with Crippen LogP contribution in [0.25, 0.3) is 0 Å². The highest BCUT2D eigenvalue weighted by Gasteiger charge is 2.21. The molecule has 56 heavy (non-hydrogen) atoms. The highest BCUT2D eigenvalue weighted by Crippen LogP contribution is 2.39. The van der Waals surface area contributed by atoms with E-state index in [4.69, 9.17) is 41.9 Å². The van der Waals surface area contributed by atoms with Gasteiger partial charge in [0, 0.05) is 48.4 Å². The van der Waals surface area contributed by atoms with Gasteiger partial charge in [-0.15, -0.1) is 0 Å². The van der Waals surface area contributed by atoms with Gasteiger partial charge in [-0.05, 0) is 119 Å². The van der Waals surface area contributed by atoms with Gasteiger partial charge in [0.1, 0.15) is 23.0 Å². The second kappa shape index (κ2) is 21.5. The Morgan fingerprint density at radius 3 is 0.661 bits per heavy atom. The Bertz CT molecular complexity index is 1510. The largest absolute Gasteiger partial charge is 0.494 e. The van der Waals surface area contributed by atoms with Crippen LogP contribution in [0.15, 0.2) is 48.5 Å². The van der Waals surface area contributed by atoms with Gasteiger partial charge in [-0.25, -0.2) is 0 Å². The summed E-state index contributed by atoms with van der Waals surface area (Å²) in [7, 11) is 0. The van der Waals surface area contributed by atoms with Crippen molar-refractivity contribution in [2.75, 3.05) is 49.4 Å². The lowest BCUT2D eigenvalue weighted by atomic mass is 9.89. The molecule has 0 aliphatic heterocycles. The van der Waals surface area contributed by atoms with Gasteiger partial charge in [-0.3, -0.25) is 0 Å². The molecular formula is C48H68N4O4. The maximum Gasteiger partial charge on any atom is 0.120 e. The zero-order valence-corrected chi connectivity index (χ0v) is 34.7. The molecule has 0 saturated carbocycles. The van der Waals surface area contributed by atoms with Gasteiger partial charge in [-0.1, -0.05) is 79.1 Å². The number of hydrogen-bond acceptors (Lipinski definition) is 8. The number of nitrogens with two attached hydrogens (primary N) is 4. The molecule has 0 aromatic heterocycles. The molecule has 0 heterocycles. The van der Waals surface area contributed by atoms with Crippen molar-refractivity contribution in [1.82, 2.24) is 0 Å². The third kappa shape index (κ3) is 11.7. The van der Waals surface area contributed by atoms with E-state index in [0.717, 1.165) is 145 Å². The number of ether oxygens (including phenoxy) is 4. The Labute approximate surface area is 336 Å². The standard InChI is InChI=1S/C48H68N4O4/c1-5-9-13-17-53-41-25-33-21-35-27-42(54-18-14-10-6-2)29-37(46(35)50)23-39-31-44(56-20-16-12-8-4)32-40(48(39)52)24-38-30-43(55-19-15-11-7-3)28-36(47(38)51)22-34(26-41)45(33)49/h25-32H,5-24,49-52H2,1-4H3. The first-order valence-electron chi connectivity index (χ1n) is 21.4. The van der Waals surface area contributed by atoms with Gasteiger partial charge >= 0.3 is 0 Å². The van der Waals surface area contributed by atoms with E-state index in [1.807, 2.05) is 0 Å². The van der Waals surface area contributed by atoms with Crippen molar-refractivity contribution in [3.63, 3.8) is 0 Å². The van der Waals surface area contributed by atoms with E-state index in [-0.39, 0.29) is 0 Å². The minimum absolute atomic E-state index is 0.513. The molecule has 0 fully saturated rings. The molecule has 0 spiro atoms. The average molecular weight is 765 g/mol. The van der Waals surface area contributed by atoms with Crippen LogP contribution in [0.2, 0.25) is 0 Å². The summed E-state index contributed by atoms with van der Waals surface area (Å²) in [6, 6.07) is 16.6. The Balaban J connectivity index is 1.69. The number of nitrogen functional groups attached to an aromatic ring is 4. The van der Waals surface area contributed by atoms with Crippen LogP contribution >= 0.6 is 0 Å². The molecule has 4 aromatic carbocycles. The predicted molar refractivity (Wildman–Crippen MR) is 235 cm³/mol. The van der Waals surface area contributed by atoms with Crippen LogP contribution < -0.4 is 41.9 Å². The van der Waals surface area contributed by atoms with E-state index >= 15 is 0 Å². The minimum atomic E-state index is 0.513. The topological polar surface area (TPSA) is 141 Å². The summed E-state index contributed by atoms with van der Waals surface area (Å²) >= 11 is 0. The predicted octanol–water partition coefficient (Wildman–Crippen LogP) is 11.0. The Morgan fingerprint density at radius 2 is 0.500 bits per heavy atom. The molecule has 0 radical (unpaired) electrons. The molecule has 8 bridgehead atoms. The molecule has 1 aliphatic carbocycles. The summed E-state index contributed by atoms with van der Waals surface area (Å²) < 4.78 is 25.6. The summed E-state index contributed by atoms with van der Waals surface area (Å²) in [5, 5.41) is 0. The van der Waals surface area contributed by atoms with Crippen LogP contribution in [0.1, 0.15) is 149 Å². The maximum absolute atomic E-state index is 7.12. The first-order chi connectivity index (χ1) is 27.2. The van der Waals surface area contributed by atoms with E-state index in [9.17, 15) is 0 Å². The van der Waals surface area contributed by atoms with Crippen molar-refractivity contribution in [2.24, 2.45) is 0 Å². The maximum atomic E-state index is 7.12. The van der Waals surface area contributed by atoms with Gasteiger partial charge in [0.05, 0.1) is 26.4 Å². The van der Waals surface area contributed by atoms with E-state index in [0.29, 0.717) is 74.9 Å². The van der Waals surface area contributed by atoms with Crippen molar-refractivity contribution in [2.45, 2.75) is 130 Å². The SMILES string of the molecule is CCCCCOc1cc2c(N)c(c1)Cc1cc(OCCCCC)cc(c1N)Cc1cc(OCCCCC)cc(c1N)Cc1cc(OCCCCC)cc(c1N)C2. The van der Waals surface area contributed by atoms with Crippen LogP contribution in [0.4, 0.5) is 22.7 Å². The van der Waals surface area contributed by atoms with Crippen LogP contribution in [0, 0.1) is 0 Å². The first-order valence-corrected chi connectivity index (χ1v) is 21.4. The number of fused-ring (bicyclic) bond motifs is 8. The van der Waals surface area contributed by atoms with Gasteiger partial charge in [0.25, 0.3) is 0 Å². The van der Waals surface area contributed by atoms with Gasteiger partial charge in [0.15, 0.2) is 0 Å². The molecular weight excluding hydrogens is 697 g/mol. The minimum Gasteiger partial charge on any atom is -0.494 e. The summed E-state index contributed by atoms with van der Waals surface area (Å²) in [6.45, 7) is 11.4. The fraction of sp³-hybridized carbons (Fsp3) is 0.500. The van der Waals surface area contributed by atoms with E-state index < -0.39 is 0 Å². The van der Waals surface area contributed by atoms with Crippen molar-refractivity contribution in [3.8, 4) is 23.0 Å². The summed E-state index contributed by atoms with van der Waals surface area (Å²) in [5.41, 5.74) is 39.0. The molecule has 8 N–H and O–H groups in total. The van der Waals surface area contributed by atoms with Crippen molar-refractivity contribution >= 4 is 22.7 Å². The van der Waals surface area contributed by atoms with Gasteiger partial charge in [-0.2, -0.15) is 0 Å². The monoisotopic (exact) mass is 765 g/mol. The number of anilines is 4. The molecule has 0 unspecified atom stereocenters. The van der Waals surface area contributed by atoms with Crippen molar-refractivity contribution < 1.29 is 18.9 Å². The second-order valence-electron chi connectivity index (χ2n) is 15.6. The fourth-order valence-electron chi connectivity index (χ4n) is 7.48. The number of unbranched alkanes of at least 4 members (excludes halogenated alkanes) is 8. The van der Waals surface area contributed by atoms with E-state index in [1.54, 1.807) is 0 Å². The van der Waals surface area contributed by atoms with Crippen molar-refractivity contribution in [1.29, 1.82) is 0 Å². The molecule has 8 heteroatoms. The highest BCUT2D eigenvalue weighted by atomic mass is 16.5. The summed E-state index contributed by atoms with van der Waals surface area (Å²) in [5.74, 6) is 3.19. The van der Waals surface area contributed by atoms with Gasteiger partial charge in [0.2, 0.25) is 0 Å². The molecule has 5 rings (SSSR count). The fourth-order valence-corrected chi connectivity index (χ4v) is 7.48. The molecule has 8 nitrogen and oxygen atoms in total. The summed E-state index contributed by atoms with van der Waals surface area (Å²) in [6.07, 6.45) is 15.0. The highest BCUT2D eigenvalue weighted by molar-refractivity contribution is 5.69. The molecule has 0 atom stereocenters. The summed E-state index contributed by atoms with van der Waals surface area (Å²) in [4.78, 5) is 0. The lowest BCUT2D eigenvalue weighted by Crippen LogP contribution is -2.11. The van der Waals surface area contributed by atoms with Crippen LogP contribution in [0.5, 0.6) is 23.0 Å². The van der Waals surface area contributed by atoms with Crippen LogP contribution in [-0.4, -0.2) is 26.4 Å². The Morgan fingerprint density at radius 1 is 0.321 bits per heavy atom. The Hall–Kier alpha value is -4.72. The number of hydrogen-bond donors (Lipinski definition) is 4. The first kappa shape index (κ1) is 42.4. The average Bonchev–Trinajstić information content (AvgIpc) is 3.18. The van der Waals surface area contributed by atoms with E-state index in [2.05, 4.69) is 76.2 Å². The molecule has 304 valence electrons. The zero-order valence-electron chi connectivity index (χ0n) is 34.7. The van der Waals surface area contributed by atoms with E-state index in [1.165, 1.54) is 0 Å². The lowest BCUT2D eigenvalue weighted by Gasteiger charge is -2.22. The lowest BCUT2D eigenvalue weighted by molar-refractivity contribution is 0.305. The third-order valence-corrected chi connectivity index (χ3v) is 10.9. The normalized spacial score (nSPS) is 12.4. The Kier molecular flexibility index (Phi) is 16.3. The van der Waals surface area contributed by atoms with Crippen LogP contribution in [-0.2, 0) is 25.7 Å². The van der Waals surface area contributed by atoms with Crippen LogP contribution in [0.3, 0.4) is 0 Å². The van der Waals surface area contributed by atoms with Crippen molar-refractivity contribution in [3.05, 3.63) is 93.0 Å². The molecule has 0 amide bonds. The number of rotatable bonds is 20. The molecule has 4 aromatic rings. The molecule has 1 aliphatic rings. The second-order valence-corrected chi connectivity index (χ2v) is 15.6. The smallest absolute Gasteiger partial charge is 0.120 e. The van der Waals surface area contributed by atoms with Gasteiger partial charge < -0.3 is 41.9 Å². The number of benzene rings is 4. The zero-order chi connectivity index (χ0) is 39.9. The third-order valence-electron chi connectivity index (χ3n) is 10.9. The molecule has 0 saturated heterocycles. The quantitative estimate of drug-likeness (QED) is 0.0453.